The highest BCUT2D eigenvalue weighted by Crippen LogP contribution is 2.31. The number of aromatic nitrogens is 1. The van der Waals surface area contributed by atoms with Gasteiger partial charge in [0.05, 0.1) is 6.61 Å². The van der Waals surface area contributed by atoms with Gasteiger partial charge < -0.3 is 14.2 Å². The molecule has 1 aliphatic rings. The number of piperidine rings is 1. The van der Waals surface area contributed by atoms with E-state index in [-0.39, 0.29) is 18.1 Å². The van der Waals surface area contributed by atoms with Crippen LogP contribution >= 0.6 is 0 Å². The van der Waals surface area contributed by atoms with Crippen molar-refractivity contribution in [3.63, 3.8) is 0 Å². The van der Waals surface area contributed by atoms with Gasteiger partial charge >= 0.3 is 0 Å². The highest BCUT2D eigenvalue weighted by atomic mass is 32.2. The van der Waals surface area contributed by atoms with Crippen LogP contribution in [-0.2, 0) is 21.8 Å². The Kier molecular flexibility index (Phi) is 7.60. The number of methoxy groups -OCH3 is 1. The van der Waals surface area contributed by atoms with Crippen LogP contribution in [0.15, 0.2) is 53.4 Å². The summed E-state index contributed by atoms with van der Waals surface area (Å²) < 4.78 is 34.6. The minimum atomic E-state index is -3.94. The Balaban J connectivity index is 1.65. The number of nitriles is 1. The second-order valence-corrected chi connectivity index (χ2v) is 10.6. The van der Waals surface area contributed by atoms with Crippen molar-refractivity contribution in [2.75, 3.05) is 38.3 Å². The van der Waals surface area contributed by atoms with Crippen LogP contribution in [0.25, 0.3) is 27.6 Å². The second kappa shape index (κ2) is 10.6. The summed E-state index contributed by atoms with van der Waals surface area (Å²) in [5.74, 6) is 0. The van der Waals surface area contributed by atoms with E-state index in [2.05, 4.69) is 46.0 Å². The van der Waals surface area contributed by atoms with E-state index in [1.165, 1.54) is 37.4 Å². The zero-order valence-corrected chi connectivity index (χ0v) is 21.4. The normalized spacial score (nSPS) is 15.2. The number of anilines is 1. The molecule has 1 saturated heterocycles. The summed E-state index contributed by atoms with van der Waals surface area (Å²) in [7, 11) is -0.556. The SMILES string of the molecule is COCCNS(=O)(=O)/C(C#N)=C(\C)c1ccc(-c2ccc3cc(N4CCCCC4)ccc3c2)n1C. The summed E-state index contributed by atoms with van der Waals surface area (Å²) in [5, 5.41) is 12.0. The molecule has 3 aromatic rings. The number of nitrogens with zero attached hydrogens (tertiary/aromatic N) is 3. The summed E-state index contributed by atoms with van der Waals surface area (Å²) in [4.78, 5) is 2.17. The second-order valence-electron chi connectivity index (χ2n) is 8.91. The monoisotopic (exact) mass is 492 g/mol. The van der Waals surface area contributed by atoms with E-state index < -0.39 is 10.0 Å². The highest BCUT2D eigenvalue weighted by molar-refractivity contribution is 7.93. The van der Waals surface area contributed by atoms with Crippen molar-refractivity contribution in [3.8, 4) is 17.3 Å². The first kappa shape index (κ1) is 25.0. The van der Waals surface area contributed by atoms with E-state index in [1.54, 1.807) is 6.92 Å². The minimum absolute atomic E-state index is 0.103. The van der Waals surface area contributed by atoms with E-state index in [1.807, 2.05) is 29.8 Å². The fourth-order valence-electron chi connectivity index (χ4n) is 4.73. The number of allylic oxidation sites excluding steroid dienone is 2. The first-order chi connectivity index (χ1) is 16.9. The molecule has 184 valence electrons. The van der Waals surface area contributed by atoms with Crippen molar-refractivity contribution in [1.82, 2.24) is 9.29 Å². The maximum Gasteiger partial charge on any atom is 0.251 e. The Labute approximate surface area is 207 Å². The molecule has 1 fully saturated rings. The first-order valence-corrected chi connectivity index (χ1v) is 13.4. The van der Waals surface area contributed by atoms with E-state index in [4.69, 9.17) is 4.74 Å². The molecular weight excluding hydrogens is 460 g/mol. The van der Waals surface area contributed by atoms with Crippen LogP contribution in [0, 0.1) is 11.3 Å². The van der Waals surface area contributed by atoms with Gasteiger partial charge in [-0.25, -0.2) is 13.1 Å². The average Bonchev–Trinajstić information content (AvgIpc) is 3.25. The molecule has 4 rings (SSSR count). The Morgan fingerprint density at radius 1 is 1.06 bits per heavy atom. The quantitative estimate of drug-likeness (QED) is 0.365. The van der Waals surface area contributed by atoms with Gasteiger partial charge in [-0.2, -0.15) is 5.26 Å². The van der Waals surface area contributed by atoms with Crippen LogP contribution in [0.4, 0.5) is 5.69 Å². The molecule has 1 aromatic heterocycles. The van der Waals surface area contributed by atoms with Crippen molar-refractivity contribution in [1.29, 1.82) is 5.26 Å². The lowest BCUT2D eigenvalue weighted by Crippen LogP contribution is -2.29. The molecule has 7 nitrogen and oxygen atoms in total. The molecule has 1 N–H and O–H groups in total. The van der Waals surface area contributed by atoms with E-state index in [0.717, 1.165) is 29.7 Å². The molecule has 0 bridgehead atoms. The molecule has 0 spiro atoms. The van der Waals surface area contributed by atoms with Gasteiger partial charge in [0, 0.05) is 56.4 Å². The maximum atomic E-state index is 12.7. The summed E-state index contributed by atoms with van der Waals surface area (Å²) >= 11 is 0. The number of hydrogen-bond acceptors (Lipinski definition) is 5. The number of hydrogen-bond donors (Lipinski definition) is 1. The summed E-state index contributed by atoms with van der Waals surface area (Å²) in [5.41, 5.74) is 4.33. The number of nitrogens with one attached hydrogen (secondary N) is 1. The molecule has 1 aliphatic heterocycles. The molecule has 35 heavy (non-hydrogen) atoms. The number of rotatable bonds is 8. The average molecular weight is 493 g/mol. The van der Waals surface area contributed by atoms with Crippen LogP contribution in [0.5, 0.6) is 0 Å². The molecule has 0 unspecified atom stereocenters. The molecular formula is C27H32N4O3S. The molecule has 0 radical (unpaired) electrons. The zero-order chi connectivity index (χ0) is 25.0. The van der Waals surface area contributed by atoms with E-state index >= 15 is 0 Å². The van der Waals surface area contributed by atoms with Crippen LogP contribution in [0.1, 0.15) is 31.9 Å². The fourth-order valence-corrected chi connectivity index (χ4v) is 5.86. The lowest BCUT2D eigenvalue weighted by atomic mass is 10.0. The van der Waals surface area contributed by atoms with Crippen molar-refractivity contribution in [2.45, 2.75) is 26.2 Å². The number of benzene rings is 2. The van der Waals surface area contributed by atoms with Crippen LogP contribution < -0.4 is 9.62 Å². The molecule has 0 amide bonds. The number of ether oxygens (including phenoxy) is 1. The molecule has 0 saturated carbocycles. The van der Waals surface area contributed by atoms with Gasteiger partial charge in [-0.1, -0.05) is 18.2 Å². The Morgan fingerprint density at radius 3 is 2.49 bits per heavy atom. The number of fused-ring (bicyclic) bond motifs is 1. The fraction of sp³-hybridized carbons (Fsp3) is 0.370. The van der Waals surface area contributed by atoms with Gasteiger partial charge in [-0.3, -0.25) is 0 Å². The van der Waals surface area contributed by atoms with Gasteiger partial charge in [-0.15, -0.1) is 0 Å². The standard InChI is InChI=1S/C27H32N4O3S/c1-20(27(19-28)35(32,33)29-13-16-34-3)25-11-12-26(30(25)2)23-8-7-22-18-24(10-9-21(22)17-23)31-14-5-4-6-15-31/h7-12,17-18,29H,4-6,13-16H2,1-3H3/b27-20+. The lowest BCUT2D eigenvalue weighted by molar-refractivity contribution is 0.204. The van der Waals surface area contributed by atoms with Crippen LogP contribution in [0.2, 0.25) is 0 Å². The number of sulfonamides is 1. The third-order valence-electron chi connectivity index (χ3n) is 6.66. The van der Waals surface area contributed by atoms with Gasteiger partial charge in [0.25, 0.3) is 10.0 Å². The van der Waals surface area contributed by atoms with Gasteiger partial charge in [0.1, 0.15) is 6.07 Å². The Hall–Kier alpha value is -3.12. The minimum Gasteiger partial charge on any atom is -0.383 e. The maximum absolute atomic E-state index is 12.7. The molecule has 0 aliphatic carbocycles. The smallest absolute Gasteiger partial charge is 0.251 e. The summed E-state index contributed by atoms with van der Waals surface area (Å²) in [6.45, 7) is 4.23. The van der Waals surface area contributed by atoms with Crippen molar-refractivity contribution in [3.05, 3.63) is 59.1 Å². The highest BCUT2D eigenvalue weighted by Gasteiger charge is 2.22. The summed E-state index contributed by atoms with van der Waals surface area (Å²) in [6.07, 6.45) is 3.81. The van der Waals surface area contributed by atoms with E-state index in [0.29, 0.717) is 11.3 Å². The molecule has 0 atom stereocenters. The zero-order valence-electron chi connectivity index (χ0n) is 20.5. The van der Waals surface area contributed by atoms with Gasteiger partial charge in [0.2, 0.25) is 0 Å². The molecule has 2 heterocycles. The van der Waals surface area contributed by atoms with E-state index in [9.17, 15) is 13.7 Å². The lowest BCUT2D eigenvalue weighted by Gasteiger charge is -2.29. The van der Waals surface area contributed by atoms with Gasteiger partial charge in [-0.05, 0) is 72.9 Å². The van der Waals surface area contributed by atoms with Crippen molar-refractivity contribution in [2.24, 2.45) is 7.05 Å². The Bertz CT molecular complexity index is 1390. The van der Waals surface area contributed by atoms with Gasteiger partial charge in [0.15, 0.2) is 4.91 Å². The predicted molar refractivity (Wildman–Crippen MR) is 141 cm³/mol. The summed E-state index contributed by atoms with van der Waals surface area (Å²) in [6, 6.07) is 18.7. The van der Waals surface area contributed by atoms with Crippen molar-refractivity contribution < 1.29 is 13.2 Å². The Morgan fingerprint density at radius 2 is 1.77 bits per heavy atom. The van der Waals surface area contributed by atoms with Crippen LogP contribution in [-0.4, -0.2) is 46.3 Å². The van der Waals surface area contributed by atoms with Crippen molar-refractivity contribution >= 4 is 32.1 Å². The molecule has 8 heteroatoms. The largest absolute Gasteiger partial charge is 0.383 e. The third kappa shape index (κ3) is 5.27. The first-order valence-electron chi connectivity index (χ1n) is 11.9. The topological polar surface area (TPSA) is 87.4 Å². The van der Waals surface area contributed by atoms with Crippen LogP contribution in [0.3, 0.4) is 0 Å². The predicted octanol–water partition coefficient (Wildman–Crippen LogP) is 4.66. The molecule has 2 aromatic carbocycles. The third-order valence-corrected chi connectivity index (χ3v) is 8.18.